The quantitative estimate of drug-likeness (QED) is 0.777. The van der Waals surface area contributed by atoms with Crippen molar-refractivity contribution in [1.29, 1.82) is 0 Å². The van der Waals surface area contributed by atoms with Gasteiger partial charge < -0.3 is 14.8 Å². The minimum Gasteiger partial charge on any atom is -0.497 e. The molecule has 1 atom stereocenters. The Morgan fingerprint density at radius 1 is 1.27 bits per heavy atom. The number of likely N-dealkylation sites (tertiary alicyclic amines) is 1. The van der Waals surface area contributed by atoms with E-state index in [9.17, 15) is 9.59 Å². The zero-order valence-corrected chi connectivity index (χ0v) is 16.0. The molecule has 0 aliphatic carbocycles. The Labute approximate surface area is 155 Å². The second-order valence-corrected chi connectivity index (χ2v) is 6.89. The van der Waals surface area contributed by atoms with Gasteiger partial charge >= 0.3 is 6.03 Å². The van der Waals surface area contributed by atoms with E-state index in [1.165, 1.54) is 0 Å². The normalized spacial score (nSPS) is 17.2. The van der Waals surface area contributed by atoms with E-state index in [1.807, 2.05) is 32.0 Å². The molecule has 0 spiro atoms. The van der Waals surface area contributed by atoms with Crippen LogP contribution in [0.2, 0.25) is 0 Å². The van der Waals surface area contributed by atoms with Crippen molar-refractivity contribution in [3.63, 3.8) is 0 Å². The lowest BCUT2D eigenvalue weighted by molar-refractivity contribution is -0.121. The number of carbonyl (C=O) groups is 2. The number of carbonyl (C=O) groups excluding carboxylic acids is 2. The van der Waals surface area contributed by atoms with Crippen molar-refractivity contribution in [3.8, 4) is 11.5 Å². The Bertz CT molecular complexity index is 633. The summed E-state index contributed by atoms with van der Waals surface area (Å²) in [6.45, 7) is 5.52. The SMILES string of the molecule is COc1ccc(C2CCCN2CC(=O)NC(=O)NCC(C)C)c(OC)c1. The first kappa shape index (κ1) is 20.0. The maximum Gasteiger partial charge on any atom is 0.321 e. The fourth-order valence-corrected chi connectivity index (χ4v) is 3.15. The molecule has 2 rings (SSSR count). The molecule has 144 valence electrons. The molecule has 0 saturated carbocycles. The summed E-state index contributed by atoms with van der Waals surface area (Å²) >= 11 is 0. The van der Waals surface area contributed by atoms with Gasteiger partial charge in [0.1, 0.15) is 11.5 Å². The van der Waals surface area contributed by atoms with E-state index in [0.717, 1.165) is 36.4 Å². The highest BCUT2D eigenvalue weighted by Gasteiger charge is 2.30. The number of methoxy groups -OCH3 is 2. The molecule has 1 aliphatic rings. The van der Waals surface area contributed by atoms with Gasteiger partial charge in [-0.3, -0.25) is 15.0 Å². The molecule has 0 aromatic heterocycles. The van der Waals surface area contributed by atoms with Crippen LogP contribution in [0.4, 0.5) is 4.79 Å². The summed E-state index contributed by atoms with van der Waals surface area (Å²) in [5, 5.41) is 5.09. The smallest absolute Gasteiger partial charge is 0.321 e. The van der Waals surface area contributed by atoms with Crippen molar-refractivity contribution in [2.75, 3.05) is 33.9 Å². The number of hydrogen-bond donors (Lipinski definition) is 2. The molecule has 26 heavy (non-hydrogen) atoms. The third-order valence-electron chi connectivity index (χ3n) is 4.43. The Morgan fingerprint density at radius 2 is 2.04 bits per heavy atom. The number of hydrogen-bond acceptors (Lipinski definition) is 5. The van der Waals surface area contributed by atoms with E-state index in [0.29, 0.717) is 12.5 Å². The zero-order valence-electron chi connectivity index (χ0n) is 16.0. The fourth-order valence-electron chi connectivity index (χ4n) is 3.15. The predicted octanol–water partition coefficient (Wildman–Crippen LogP) is 2.32. The van der Waals surface area contributed by atoms with Crippen LogP contribution in [0.1, 0.15) is 38.3 Å². The lowest BCUT2D eigenvalue weighted by atomic mass is 10.0. The van der Waals surface area contributed by atoms with E-state index in [-0.39, 0.29) is 18.5 Å². The van der Waals surface area contributed by atoms with Gasteiger partial charge in [-0.15, -0.1) is 0 Å². The van der Waals surface area contributed by atoms with Crippen LogP contribution < -0.4 is 20.1 Å². The average molecular weight is 363 g/mol. The van der Waals surface area contributed by atoms with Crippen LogP contribution in [0, 0.1) is 5.92 Å². The standard InChI is InChI=1S/C19H29N3O4/c1-13(2)11-20-19(24)21-18(23)12-22-9-5-6-16(22)15-8-7-14(25-3)10-17(15)26-4/h7-8,10,13,16H,5-6,9,11-12H2,1-4H3,(H2,20,21,23,24). The molecule has 1 unspecified atom stereocenters. The molecule has 1 heterocycles. The number of nitrogens with zero attached hydrogens (tertiary/aromatic N) is 1. The molecule has 1 aromatic carbocycles. The van der Waals surface area contributed by atoms with Crippen LogP contribution in [0.15, 0.2) is 18.2 Å². The summed E-state index contributed by atoms with van der Waals surface area (Å²) in [6.07, 6.45) is 1.93. The monoisotopic (exact) mass is 363 g/mol. The summed E-state index contributed by atoms with van der Waals surface area (Å²) in [5.74, 6) is 1.51. The van der Waals surface area contributed by atoms with Crippen LogP contribution in [0.3, 0.4) is 0 Å². The van der Waals surface area contributed by atoms with Gasteiger partial charge in [-0.25, -0.2) is 4.79 Å². The molecule has 2 N–H and O–H groups in total. The molecule has 1 aliphatic heterocycles. The van der Waals surface area contributed by atoms with E-state index in [2.05, 4.69) is 15.5 Å². The number of urea groups is 1. The van der Waals surface area contributed by atoms with Gasteiger partial charge in [0.2, 0.25) is 5.91 Å². The summed E-state index contributed by atoms with van der Waals surface area (Å²) in [7, 11) is 3.24. The van der Waals surface area contributed by atoms with Crippen LogP contribution in [0.25, 0.3) is 0 Å². The van der Waals surface area contributed by atoms with Gasteiger partial charge in [-0.2, -0.15) is 0 Å². The summed E-state index contributed by atoms with van der Waals surface area (Å²) in [4.78, 5) is 26.1. The van der Waals surface area contributed by atoms with Gasteiger partial charge in [0, 0.05) is 24.2 Å². The second kappa shape index (κ2) is 9.43. The zero-order chi connectivity index (χ0) is 19.1. The molecule has 7 nitrogen and oxygen atoms in total. The molecular formula is C19H29N3O4. The van der Waals surface area contributed by atoms with E-state index in [1.54, 1.807) is 14.2 Å². The summed E-state index contributed by atoms with van der Waals surface area (Å²) in [6, 6.07) is 5.37. The van der Waals surface area contributed by atoms with Crippen molar-refractivity contribution in [2.24, 2.45) is 5.92 Å². The van der Waals surface area contributed by atoms with Gasteiger partial charge in [-0.1, -0.05) is 19.9 Å². The van der Waals surface area contributed by atoms with Crippen LogP contribution in [-0.4, -0.2) is 50.7 Å². The van der Waals surface area contributed by atoms with Gasteiger partial charge in [0.05, 0.1) is 20.8 Å². The van der Waals surface area contributed by atoms with Gasteiger partial charge in [-0.05, 0) is 31.4 Å². The van der Waals surface area contributed by atoms with Gasteiger partial charge in [0.25, 0.3) is 0 Å². The first-order valence-corrected chi connectivity index (χ1v) is 8.98. The van der Waals surface area contributed by atoms with Crippen LogP contribution in [-0.2, 0) is 4.79 Å². The van der Waals surface area contributed by atoms with Crippen molar-refractivity contribution in [1.82, 2.24) is 15.5 Å². The van der Waals surface area contributed by atoms with Crippen molar-refractivity contribution >= 4 is 11.9 Å². The number of imide groups is 1. The molecule has 7 heteroatoms. The molecule has 1 fully saturated rings. The number of nitrogens with one attached hydrogen (secondary N) is 2. The highest BCUT2D eigenvalue weighted by atomic mass is 16.5. The maximum atomic E-state index is 12.2. The lowest BCUT2D eigenvalue weighted by Gasteiger charge is -2.25. The number of rotatable bonds is 7. The molecule has 0 bridgehead atoms. The highest BCUT2D eigenvalue weighted by Crippen LogP contribution is 2.38. The molecule has 3 amide bonds. The summed E-state index contributed by atoms with van der Waals surface area (Å²) < 4.78 is 10.7. The Morgan fingerprint density at radius 3 is 2.69 bits per heavy atom. The van der Waals surface area contributed by atoms with Crippen molar-refractivity contribution in [3.05, 3.63) is 23.8 Å². The van der Waals surface area contributed by atoms with Gasteiger partial charge in [0.15, 0.2) is 0 Å². The predicted molar refractivity (Wildman–Crippen MR) is 99.5 cm³/mol. The number of benzene rings is 1. The third kappa shape index (κ3) is 5.36. The summed E-state index contributed by atoms with van der Waals surface area (Å²) in [5.41, 5.74) is 1.03. The lowest BCUT2D eigenvalue weighted by Crippen LogP contribution is -2.45. The largest absolute Gasteiger partial charge is 0.497 e. The molecular weight excluding hydrogens is 334 g/mol. The van der Waals surface area contributed by atoms with E-state index in [4.69, 9.17) is 9.47 Å². The molecule has 1 aromatic rings. The number of amides is 3. The first-order chi connectivity index (χ1) is 12.4. The first-order valence-electron chi connectivity index (χ1n) is 8.98. The van der Waals surface area contributed by atoms with Crippen molar-refractivity contribution in [2.45, 2.75) is 32.7 Å². The molecule has 1 saturated heterocycles. The minimum absolute atomic E-state index is 0.0836. The molecule has 0 radical (unpaired) electrons. The Hall–Kier alpha value is -2.28. The maximum absolute atomic E-state index is 12.2. The van der Waals surface area contributed by atoms with Crippen LogP contribution in [0.5, 0.6) is 11.5 Å². The minimum atomic E-state index is -0.443. The van der Waals surface area contributed by atoms with E-state index >= 15 is 0 Å². The van der Waals surface area contributed by atoms with Crippen LogP contribution >= 0.6 is 0 Å². The van der Waals surface area contributed by atoms with Crippen molar-refractivity contribution < 1.29 is 19.1 Å². The fraction of sp³-hybridized carbons (Fsp3) is 0.579. The second-order valence-electron chi connectivity index (χ2n) is 6.89. The average Bonchev–Trinajstić information content (AvgIpc) is 3.06. The highest BCUT2D eigenvalue weighted by molar-refractivity contribution is 5.95. The number of ether oxygens (including phenoxy) is 2. The third-order valence-corrected chi connectivity index (χ3v) is 4.43. The Balaban J connectivity index is 1.99. The Kier molecular flexibility index (Phi) is 7.26. The topological polar surface area (TPSA) is 79.9 Å². The van der Waals surface area contributed by atoms with E-state index < -0.39 is 6.03 Å².